The van der Waals surface area contributed by atoms with Gasteiger partial charge in [0, 0.05) is 11.4 Å². The molecule has 0 fully saturated rings. The number of rotatable bonds is 5. The molecule has 0 saturated heterocycles. The summed E-state index contributed by atoms with van der Waals surface area (Å²) < 4.78 is 12.9. The fourth-order valence-electron chi connectivity index (χ4n) is 2.05. The first kappa shape index (κ1) is 16.1. The van der Waals surface area contributed by atoms with Crippen LogP contribution in [0.15, 0.2) is 24.3 Å². The Labute approximate surface area is 131 Å². The molecule has 22 heavy (non-hydrogen) atoms. The molecule has 0 saturated carbocycles. The number of hydrogen-bond donors (Lipinski definition) is 1. The third-order valence-electron chi connectivity index (χ3n) is 3.01. The Morgan fingerprint density at radius 1 is 1.27 bits per heavy atom. The zero-order valence-corrected chi connectivity index (χ0v) is 13.0. The van der Waals surface area contributed by atoms with E-state index in [4.69, 9.17) is 5.11 Å². The number of amides is 1. The predicted octanol–water partition coefficient (Wildman–Crippen LogP) is 2.63. The van der Waals surface area contributed by atoms with Crippen LogP contribution in [0.2, 0.25) is 0 Å². The SMILES string of the molecule is Cc1nc(C(=O)N(CC(=O)O)Cc2ccc(F)cc2)c(C)s1. The highest BCUT2D eigenvalue weighted by Crippen LogP contribution is 2.19. The summed E-state index contributed by atoms with van der Waals surface area (Å²) in [5.41, 5.74) is 0.923. The molecule has 5 nitrogen and oxygen atoms in total. The average molecular weight is 322 g/mol. The van der Waals surface area contributed by atoms with Crippen molar-refractivity contribution in [3.8, 4) is 0 Å². The fraction of sp³-hybridized carbons (Fsp3) is 0.267. The highest BCUT2D eigenvalue weighted by molar-refractivity contribution is 7.11. The van der Waals surface area contributed by atoms with Crippen LogP contribution in [-0.4, -0.2) is 33.4 Å². The monoisotopic (exact) mass is 322 g/mol. The van der Waals surface area contributed by atoms with Crippen LogP contribution in [0.1, 0.15) is 25.9 Å². The molecule has 1 aromatic carbocycles. The zero-order valence-electron chi connectivity index (χ0n) is 12.2. The van der Waals surface area contributed by atoms with Crippen LogP contribution in [0.3, 0.4) is 0 Å². The lowest BCUT2D eigenvalue weighted by molar-refractivity contribution is -0.137. The Kier molecular flexibility index (Phi) is 4.87. The van der Waals surface area contributed by atoms with Crippen LogP contribution < -0.4 is 0 Å². The Hall–Kier alpha value is -2.28. The summed E-state index contributed by atoms with van der Waals surface area (Å²) in [6.45, 7) is 3.21. The summed E-state index contributed by atoms with van der Waals surface area (Å²) in [6.07, 6.45) is 0. The molecular formula is C15H15FN2O3S. The lowest BCUT2D eigenvalue weighted by Crippen LogP contribution is -2.35. The molecule has 1 amide bonds. The molecular weight excluding hydrogens is 307 g/mol. The predicted molar refractivity (Wildman–Crippen MR) is 80.4 cm³/mol. The number of aryl methyl sites for hydroxylation is 2. The topological polar surface area (TPSA) is 70.5 Å². The second-order valence-electron chi connectivity index (χ2n) is 4.82. The number of hydrogen-bond acceptors (Lipinski definition) is 4. The van der Waals surface area contributed by atoms with E-state index in [2.05, 4.69) is 4.98 Å². The lowest BCUT2D eigenvalue weighted by Gasteiger charge is -2.20. The summed E-state index contributed by atoms with van der Waals surface area (Å²) in [7, 11) is 0. The quantitative estimate of drug-likeness (QED) is 0.918. The molecule has 0 spiro atoms. The van der Waals surface area contributed by atoms with Crippen LogP contribution in [-0.2, 0) is 11.3 Å². The van der Waals surface area contributed by atoms with Crippen LogP contribution in [0.4, 0.5) is 4.39 Å². The molecule has 0 aliphatic rings. The van der Waals surface area contributed by atoms with Crippen LogP contribution in [0.25, 0.3) is 0 Å². The fourth-order valence-corrected chi connectivity index (χ4v) is 2.86. The third kappa shape index (κ3) is 3.88. The molecule has 116 valence electrons. The molecule has 0 bridgehead atoms. The minimum Gasteiger partial charge on any atom is -0.480 e. The summed E-state index contributed by atoms with van der Waals surface area (Å²) in [6, 6.07) is 5.60. The van der Waals surface area contributed by atoms with Crippen molar-refractivity contribution >= 4 is 23.2 Å². The normalized spacial score (nSPS) is 10.5. The maximum atomic E-state index is 12.9. The van der Waals surface area contributed by atoms with Crippen molar-refractivity contribution in [3.05, 3.63) is 51.2 Å². The summed E-state index contributed by atoms with van der Waals surface area (Å²) in [4.78, 5) is 29.6. The van der Waals surface area contributed by atoms with Gasteiger partial charge in [0.15, 0.2) is 0 Å². The van der Waals surface area contributed by atoms with Gasteiger partial charge in [-0.1, -0.05) is 12.1 Å². The van der Waals surface area contributed by atoms with E-state index in [0.29, 0.717) is 5.56 Å². The number of thiazole rings is 1. The van der Waals surface area contributed by atoms with Gasteiger partial charge in [-0.3, -0.25) is 9.59 Å². The first-order valence-electron chi connectivity index (χ1n) is 6.56. The minimum absolute atomic E-state index is 0.0847. The summed E-state index contributed by atoms with van der Waals surface area (Å²) in [5, 5.41) is 9.75. The van der Waals surface area contributed by atoms with E-state index in [0.717, 1.165) is 9.88 Å². The van der Waals surface area contributed by atoms with Gasteiger partial charge in [0.2, 0.25) is 0 Å². The van der Waals surface area contributed by atoms with Crippen molar-refractivity contribution in [2.75, 3.05) is 6.54 Å². The van der Waals surface area contributed by atoms with E-state index in [1.54, 1.807) is 13.8 Å². The van der Waals surface area contributed by atoms with E-state index in [1.807, 2.05) is 0 Å². The highest BCUT2D eigenvalue weighted by Gasteiger charge is 2.23. The van der Waals surface area contributed by atoms with Gasteiger partial charge in [0.1, 0.15) is 18.1 Å². The van der Waals surface area contributed by atoms with Crippen molar-refractivity contribution < 1.29 is 19.1 Å². The molecule has 7 heteroatoms. The Bertz CT molecular complexity index is 697. The molecule has 0 unspecified atom stereocenters. The van der Waals surface area contributed by atoms with Gasteiger partial charge in [-0.25, -0.2) is 9.37 Å². The number of carbonyl (C=O) groups is 2. The van der Waals surface area contributed by atoms with Crippen molar-refractivity contribution in [3.63, 3.8) is 0 Å². The van der Waals surface area contributed by atoms with Crippen molar-refractivity contribution in [1.29, 1.82) is 0 Å². The molecule has 0 radical (unpaired) electrons. The van der Waals surface area contributed by atoms with Gasteiger partial charge in [0.25, 0.3) is 5.91 Å². The maximum Gasteiger partial charge on any atom is 0.323 e. The molecule has 1 heterocycles. The van der Waals surface area contributed by atoms with Gasteiger partial charge in [-0.15, -0.1) is 11.3 Å². The van der Waals surface area contributed by atoms with Crippen LogP contribution >= 0.6 is 11.3 Å². The summed E-state index contributed by atoms with van der Waals surface area (Å²) >= 11 is 1.39. The second kappa shape index (κ2) is 6.65. The number of aromatic nitrogens is 1. The average Bonchev–Trinajstić information content (AvgIpc) is 2.78. The van der Waals surface area contributed by atoms with E-state index in [-0.39, 0.29) is 18.1 Å². The molecule has 1 aromatic heterocycles. The molecule has 2 rings (SSSR count). The molecule has 1 N–H and O–H groups in total. The van der Waals surface area contributed by atoms with E-state index in [9.17, 15) is 14.0 Å². The largest absolute Gasteiger partial charge is 0.480 e. The van der Waals surface area contributed by atoms with E-state index < -0.39 is 18.4 Å². The minimum atomic E-state index is -1.11. The van der Waals surface area contributed by atoms with Gasteiger partial charge in [-0.2, -0.15) is 0 Å². The van der Waals surface area contributed by atoms with Gasteiger partial charge in [0.05, 0.1) is 5.01 Å². The van der Waals surface area contributed by atoms with Crippen molar-refractivity contribution in [2.24, 2.45) is 0 Å². The first-order valence-corrected chi connectivity index (χ1v) is 7.38. The molecule has 0 aliphatic carbocycles. The van der Waals surface area contributed by atoms with Gasteiger partial charge in [-0.05, 0) is 31.5 Å². The zero-order chi connectivity index (χ0) is 16.3. The van der Waals surface area contributed by atoms with Crippen molar-refractivity contribution in [1.82, 2.24) is 9.88 Å². The van der Waals surface area contributed by atoms with E-state index in [1.165, 1.54) is 40.5 Å². The number of carboxylic acids is 1. The van der Waals surface area contributed by atoms with Crippen LogP contribution in [0.5, 0.6) is 0 Å². The second-order valence-corrected chi connectivity index (χ2v) is 6.23. The number of carboxylic acid groups (broad SMARTS) is 1. The summed E-state index contributed by atoms with van der Waals surface area (Å²) in [5.74, 6) is -1.93. The van der Waals surface area contributed by atoms with Crippen molar-refractivity contribution in [2.45, 2.75) is 20.4 Å². The van der Waals surface area contributed by atoms with Crippen LogP contribution in [0, 0.1) is 19.7 Å². The molecule has 0 atom stereocenters. The molecule has 0 aliphatic heterocycles. The third-order valence-corrected chi connectivity index (χ3v) is 3.89. The number of carbonyl (C=O) groups excluding carboxylic acids is 1. The smallest absolute Gasteiger partial charge is 0.323 e. The maximum absolute atomic E-state index is 12.9. The standard InChI is InChI=1S/C15H15FN2O3S/c1-9-14(17-10(2)22-9)15(21)18(8-13(19)20)7-11-3-5-12(16)6-4-11/h3-6H,7-8H2,1-2H3,(H,19,20). The first-order chi connectivity index (χ1) is 10.4. The number of halogens is 1. The van der Waals surface area contributed by atoms with E-state index >= 15 is 0 Å². The van der Waals surface area contributed by atoms with Gasteiger partial charge >= 0.3 is 5.97 Å². The Morgan fingerprint density at radius 2 is 1.91 bits per heavy atom. The Morgan fingerprint density at radius 3 is 2.41 bits per heavy atom. The Balaban J connectivity index is 2.25. The lowest BCUT2D eigenvalue weighted by atomic mass is 10.2. The highest BCUT2D eigenvalue weighted by atomic mass is 32.1. The van der Waals surface area contributed by atoms with Gasteiger partial charge < -0.3 is 10.0 Å². The number of nitrogens with zero attached hydrogens (tertiary/aromatic N) is 2. The molecule has 2 aromatic rings. The number of benzene rings is 1. The number of aliphatic carboxylic acids is 1.